The molecule has 4 aliphatic rings. The van der Waals surface area contributed by atoms with Gasteiger partial charge in [-0.1, -0.05) is 34.6 Å². The molecule has 0 aromatic rings. The molecular weight excluding hydrogens is 510 g/mol. The van der Waals surface area contributed by atoms with Gasteiger partial charge in [0.05, 0.1) is 17.9 Å². The van der Waals surface area contributed by atoms with Crippen molar-refractivity contribution in [3.8, 4) is 0 Å². The topological polar surface area (TPSA) is 132 Å². The van der Waals surface area contributed by atoms with Gasteiger partial charge in [0.25, 0.3) is 0 Å². The Morgan fingerprint density at radius 3 is 2.27 bits per heavy atom. The molecule has 4 aliphatic carbocycles. The molecule has 40 heavy (non-hydrogen) atoms. The normalized spacial score (nSPS) is 47.1. The van der Waals surface area contributed by atoms with Gasteiger partial charge in [-0.2, -0.15) is 0 Å². The van der Waals surface area contributed by atoms with Crippen LogP contribution in [0.5, 0.6) is 0 Å². The predicted octanol–water partition coefficient (Wildman–Crippen LogP) is 2.84. The Morgan fingerprint density at radius 2 is 1.73 bits per heavy atom. The first-order valence-corrected chi connectivity index (χ1v) is 15.2. The summed E-state index contributed by atoms with van der Waals surface area (Å²) < 4.78 is 0. The number of rotatable bonds is 7. The molecule has 12 atom stereocenters. The summed E-state index contributed by atoms with van der Waals surface area (Å²) in [5, 5.41) is 35.5. The molecule has 0 spiro atoms. The van der Waals surface area contributed by atoms with Crippen molar-refractivity contribution < 1.29 is 34.5 Å². The highest BCUT2D eigenvalue weighted by Crippen LogP contribution is 2.66. The Labute approximate surface area is 239 Å². The number of carbonyl (C=O) groups excluding carboxylic acids is 4. The van der Waals surface area contributed by atoms with Crippen molar-refractivity contribution >= 4 is 23.1 Å². The average Bonchev–Trinajstić information content (AvgIpc) is 2.79. The third-order valence-electron chi connectivity index (χ3n) is 11.4. The Bertz CT molecular complexity index is 1060. The second-order valence-corrected chi connectivity index (χ2v) is 15.2. The van der Waals surface area contributed by atoms with Crippen molar-refractivity contribution in [3.05, 3.63) is 0 Å². The van der Waals surface area contributed by atoms with Crippen LogP contribution in [0.25, 0.3) is 0 Å². The van der Waals surface area contributed by atoms with Crippen LogP contribution in [0.15, 0.2) is 0 Å². The fourth-order valence-corrected chi connectivity index (χ4v) is 9.98. The summed E-state index contributed by atoms with van der Waals surface area (Å²) in [7, 11) is 3.97. The fraction of sp³-hybridized carbons (Fsp3) is 0.875. The number of carbonyl (C=O) groups is 4. The highest BCUT2D eigenvalue weighted by Gasteiger charge is 2.74. The molecule has 0 bridgehead atoms. The fourth-order valence-electron chi connectivity index (χ4n) is 9.98. The van der Waals surface area contributed by atoms with Crippen LogP contribution in [0.1, 0.15) is 86.5 Å². The third kappa shape index (κ3) is 4.75. The van der Waals surface area contributed by atoms with Crippen LogP contribution in [0.4, 0.5) is 0 Å². The van der Waals surface area contributed by atoms with Crippen LogP contribution in [0.2, 0.25) is 0 Å². The summed E-state index contributed by atoms with van der Waals surface area (Å²) in [4.78, 5) is 55.3. The Kier molecular flexibility index (Phi) is 8.38. The molecule has 0 aromatic carbocycles. The van der Waals surface area contributed by atoms with Crippen LogP contribution in [-0.2, 0) is 19.2 Å². The van der Waals surface area contributed by atoms with Crippen LogP contribution in [0.3, 0.4) is 0 Å². The summed E-state index contributed by atoms with van der Waals surface area (Å²) in [5.41, 5.74) is -3.89. The minimum Gasteiger partial charge on any atom is -0.392 e. The quantitative estimate of drug-likeness (QED) is 0.404. The van der Waals surface area contributed by atoms with E-state index in [1.54, 1.807) is 0 Å². The minimum absolute atomic E-state index is 0.0140. The molecule has 4 saturated carbocycles. The van der Waals surface area contributed by atoms with Gasteiger partial charge in [0, 0.05) is 30.2 Å². The molecule has 8 nitrogen and oxygen atoms in total. The van der Waals surface area contributed by atoms with Gasteiger partial charge in [-0.3, -0.25) is 19.2 Å². The number of Topliss-reactive ketones (excluding diaryl/α,β-unsaturated/α-hetero) is 4. The minimum atomic E-state index is -2.22. The molecule has 3 N–H and O–H groups in total. The lowest BCUT2D eigenvalue weighted by molar-refractivity contribution is -0.253. The molecule has 8 heteroatoms. The van der Waals surface area contributed by atoms with E-state index in [0.717, 1.165) is 0 Å². The van der Waals surface area contributed by atoms with E-state index in [-0.39, 0.29) is 47.1 Å². The van der Waals surface area contributed by atoms with Gasteiger partial charge in [-0.05, 0) is 82.2 Å². The number of aliphatic hydroxyl groups is 3. The number of fused-ring (bicyclic) bond motifs is 3. The highest BCUT2D eigenvalue weighted by molar-refractivity contribution is 6.07. The lowest BCUT2D eigenvalue weighted by Gasteiger charge is -2.66. The van der Waals surface area contributed by atoms with E-state index in [1.165, 1.54) is 6.92 Å². The number of ketones is 4. The number of aliphatic hydroxyl groups excluding tert-OH is 2. The van der Waals surface area contributed by atoms with E-state index < -0.39 is 52.2 Å². The van der Waals surface area contributed by atoms with Crippen molar-refractivity contribution in [2.45, 2.75) is 110 Å². The molecular formula is C32H51NO7. The summed E-state index contributed by atoms with van der Waals surface area (Å²) in [6.07, 6.45) is 0.736. The van der Waals surface area contributed by atoms with Crippen molar-refractivity contribution in [2.24, 2.45) is 52.3 Å². The summed E-state index contributed by atoms with van der Waals surface area (Å²) in [5.74, 6) is -4.38. The van der Waals surface area contributed by atoms with Crippen molar-refractivity contribution in [3.63, 3.8) is 0 Å². The van der Waals surface area contributed by atoms with Gasteiger partial charge in [-0.15, -0.1) is 0 Å². The number of hydrogen-bond acceptors (Lipinski definition) is 8. The van der Waals surface area contributed by atoms with E-state index in [4.69, 9.17) is 0 Å². The second-order valence-electron chi connectivity index (χ2n) is 15.2. The monoisotopic (exact) mass is 561 g/mol. The first kappa shape index (κ1) is 31.5. The maximum Gasteiger partial charge on any atom is 0.178 e. The molecule has 0 saturated heterocycles. The zero-order valence-electron chi connectivity index (χ0n) is 25.6. The maximum atomic E-state index is 14.4. The van der Waals surface area contributed by atoms with E-state index >= 15 is 0 Å². The van der Waals surface area contributed by atoms with Gasteiger partial charge in [0.1, 0.15) is 23.5 Å². The van der Waals surface area contributed by atoms with E-state index in [2.05, 4.69) is 4.90 Å². The zero-order valence-corrected chi connectivity index (χ0v) is 25.6. The first-order valence-electron chi connectivity index (χ1n) is 15.2. The molecule has 9 unspecified atom stereocenters. The summed E-state index contributed by atoms with van der Waals surface area (Å²) >= 11 is 0. The van der Waals surface area contributed by atoms with Gasteiger partial charge >= 0.3 is 0 Å². The Balaban J connectivity index is 1.70. The first-order chi connectivity index (χ1) is 18.4. The SMILES string of the molecule is CC(=O)C1C(=O)[C@@]2(O)C(O)C3C(=O)C4C(O)C(CCC(=O)CC(C)C)CC(N(C)C)C4C[C@@]3(C)C[C@@]2(C)CC1C. The summed E-state index contributed by atoms with van der Waals surface area (Å²) in [6, 6.07) is 0.0140. The van der Waals surface area contributed by atoms with Gasteiger partial charge in [0.2, 0.25) is 0 Å². The van der Waals surface area contributed by atoms with Crippen LogP contribution in [-0.4, -0.2) is 81.3 Å². The molecule has 226 valence electrons. The van der Waals surface area contributed by atoms with E-state index in [0.29, 0.717) is 44.9 Å². The largest absolute Gasteiger partial charge is 0.392 e. The average molecular weight is 562 g/mol. The van der Waals surface area contributed by atoms with Gasteiger partial charge < -0.3 is 20.2 Å². The Morgan fingerprint density at radius 1 is 1.10 bits per heavy atom. The van der Waals surface area contributed by atoms with Gasteiger partial charge in [0.15, 0.2) is 11.4 Å². The molecule has 0 aliphatic heterocycles. The maximum absolute atomic E-state index is 14.4. The molecule has 4 rings (SSSR count). The lowest BCUT2D eigenvalue weighted by atomic mass is 9.39. The standard InChI is InChI=1S/C32H51NO7/c1-16(2)11-20(35)10-9-19-12-22(33(7)8)21-14-30(5)15-31(6)13-17(3)23(18(4)34)28(38)32(31,40)29(39)25(30)27(37)24(21)26(19)36/h16-17,19,21-26,29,36,39-40H,9-15H2,1-8H3/t17?,19?,21?,22?,23?,24?,25?,26?,29?,30-,31+,32+/m0/s1. The third-order valence-corrected chi connectivity index (χ3v) is 11.4. The van der Waals surface area contributed by atoms with Crippen molar-refractivity contribution in [1.82, 2.24) is 4.90 Å². The molecule has 0 aromatic heterocycles. The molecule has 0 amide bonds. The smallest absolute Gasteiger partial charge is 0.178 e. The van der Waals surface area contributed by atoms with Crippen LogP contribution >= 0.6 is 0 Å². The highest BCUT2D eigenvalue weighted by atomic mass is 16.4. The summed E-state index contributed by atoms with van der Waals surface area (Å²) in [6.45, 7) is 11.0. The number of nitrogens with zero attached hydrogens (tertiary/aromatic N) is 1. The van der Waals surface area contributed by atoms with E-state index in [1.807, 2.05) is 48.7 Å². The van der Waals surface area contributed by atoms with Gasteiger partial charge in [-0.25, -0.2) is 0 Å². The molecule has 0 heterocycles. The zero-order chi connectivity index (χ0) is 30.1. The number of hydrogen-bond donors (Lipinski definition) is 3. The lowest BCUT2D eigenvalue weighted by Crippen LogP contribution is -2.76. The van der Waals surface area contributed by atoms with Crippen LogP contribution in [0, 0.1) is 52.3 Å². The van der Waals surface area contributed by atoms with Crippen molar-refractivity contribution in [2.75, 3.05) is 14.1 Å². The molecule has 0 radical (unpaired) electrons. The van der Waals surface area contributed by atoms with Crippen molar-refractivity contribution in [1.29, 1.82) is 0 Å². The predicted molar refractivity (Wildman–Crippen MR) is 150 cm³/mol. The van der Waals surface area contributed by atoms with E-state index in [9.17, 15) is 34.5 Å². The van der Waals surface area contributed by atoms with Crippen LogP contribution < -0.4 is 0 Å². The Hall–Kier alpha value is -1.48. The molecule has 4 fully saturated rings. The second kappa shape index (κ2) is 10.7.